The van der Waals surface area contributed by atoms with E-state index in [4.69, 9.17) is 37.0 Å². The number of phosphoric acid groups is 2. The molecular weight excluding hydrogens is 1330 g/mol. The van der Waals surface area contributed by atoms with Crippen molar-refractivity contribution in [2.24, 2.45) is 5.92 Å². The molecule has 0 aromatic heterocycles. The van der Waals surface area contributed by atoms with Crippen LogP contribution in [-0.2, 0) is 65.4 Å². The number of rotatable bonds is 83. The van der Waals surface area contributed by atoms with E-state index in [9.17, 15) is 43.2 Å². The lowest BCUT2D eigenvalue weighted by Crippen LogP contribution is -2.30. The summed E-state index contributed by atoms with van der Waals surface area (Å²) in [5, 5.41) is 10.7. The molecule has 606 valence electrons. The van der Waals surface area contributed by atoms with E-state index in [1.165, 1.54) is 270 Å². The number of carbonyl (C=O) groups is 4. The number of phosphoric ester groups is 2. The zero-order valence-corrected chi connectivity index (χ0v) is 68.5. The van der Waals surface area contributed by atoms with Crippen LogP contribution in [0.2, 0.25) is 0 Å². The summed E-state index contributed by atoms with van der Waals surface area (Å²) in [6.45, 7) is 7.38. The van der Waals surface area contributed by atoms with Crippen molar-refractivity contribution in [3.63, 3.8) is 0 Å². The van der Waals surface area contributed by atoms with Gasteiger partial charge in [-0.05, 0) is 31.6 Å². The molecule has 0 aliphatic carbocycles. The number of unbranched alkanes of at least 4 members (excludes halogenated alkanes) is 55. The molecule has 0 rings (SSSR count). The lowest BCUT2D eigenvalue weighted by molar-refractivity contribution is -0.161. The molecule has 0 aliphatic rings. The maximum absolute atomic E-state index is 13.1. The van der Waals surface area contributed by atoms with Gasteiger partial charge in [0.15, 0.2) is 12.2 Å². The first-order chi connectivity index (χ1) is 49.5. The van der Waals surface area contributed by atoms with E-state index < -0.39 is 97.5 Å². The third kappa shape index (κ3) is 76.3. The molecule has 102 heavy (non-hydrogen) atoms. The Balaban J connectivity index is 5.22. The molecule has 0 radical (unpaired) electrons. The topological polar surface area (TPSA) is 237 Å². The predicted molar refractivity (Wildman–Crippen MR) is 418 cm³/mol. The minimum absolute atomic E-state index is 0.109. The highest BCUT2D eigenvalue weighted by molar-refractivity contribution is 7.47. The molecular formula is C83H162O17P2. The van der Waals surface area contributed by atoms with Crippen LogP contribution in [0, 0.1) is 5.92 Å². The molecule has 0 bridgehead atoms. The second kappa shape index (κ2) is 75.9. The van der Waals surface area contributed by atoms with Crippen LogP contribution in [0.1, 0.15) is 446 Å². The highest BCUT2D eigenvalue weighted by Crippen LogP contribution is 2.45. The van der Waals surface area contributed by atoms with E-state index >= 15 is 0 Å². The third-order valence-corrected chi connectivity index (χ3v) is 21.4. The quantitative estimate of drug-likeness (QED) is 0.0222. The number of aliphatic hydroxyl groups is 1. The van der Waals surface area contributed by atoms with Crippen LogP contribution in [0.4, 0.5) is 0 Å². The fraction of sp³-hybridized carbons (Fsp3) is 0.952. The van der Waals surface area contributed by atoms with Crippen molar-refractivity contribution in [3.05, 3.63) is 0 Å². The third-order valence-electron chi connectivity index (χ3n) is 19.5. The summed E-state index contributed by atoms with van der Waals surface area (Å²) in [6, 6.07) is 0. The van der Waals surface area contributed by atoms with Gasteiger partial charge in [0, 0.05) is 25.7 Å². The minimum Gasteiger partial charge on any atom is -0.462 e. The smallest absolute Gasteiger partial charge is 0.462 e. The molecule has 0 aromatic rings. The monoisotopic (exact) mass is 1490 g/mol. The fourth-order valence-corrected chi connectivity index (χ4v) is 14.5. The number of hydrogen-bond acceptors (Lipinski definition) is 15. The summed E-state index contributed by atoms with van der Waals surface area (Å²) in [6.07, 6.45) is 67.9. The van der Waals surface area contributed by atoms with Gasteiger partial charge in [-0.2, -0.15) is 0 Å². The normalized spacial score (nSPS) is 13.8. The molecule has 0 saturated heterocycles. The SMILES string of the molecule is CCCCCCCCCCCCCCCCCCCC(=O)OC[C@H](COP(=O)(O)OC[C@@H](O)COP(=O)(O)OC[C@@H](COC(=O)CCCCCCCCCCCC)OC(=O)CCCCCCCCCCCCCCCC)OC(=O)CCCCCCCCCCCCCCCCCCCCC(C)C. The van der Waals surface area contributed by atoms with Crippen molar-refractivity contribution >= 4 is 39.5 Å². The molecule has 2 unspecified atom stereocenters. The van der Waals surface area contributed by atoms with Gasteiger partial charge in [0.05, 0.1) is 26.4 Å². The predicted octanol–water partition coefficient (Wildman–Crippen LogP) is 25.2. The number of carbonyl (C=O) groups excluding carboxylic acids is 4. The Hall–Kier alpha value is -1.94. The van der Waals surface area contributed by atoms with Crippen LogP contribution in [-0.4, -0.2) is 96.7 Å². The van der Waals surface area contributed by atoms with Gasteiger partial charge < -0.3 is 33.8 Å². The van der Waals surface area contributed by atoms with E-state index in [1.807, 2.05) is 0 Å². The second-order valence-corrected chi connectivity index (χ2v) is 33.3. The van der Waals surface area contributed by atoms with Crippen LogP contribution in [0.15, 0.2) is 0 Å². The van der Waals surface area contributed by atoms with Gasteiger partial charge in [-0.15, -0.1) is 0 Å². The van der Waals surface area contributed by atoms with Gasteiger partial charge in [0.25, 0.3) is 0 Å². The van der Waals surface area contributed by atoms with E-state index in [0.717, 1.165) is 95.8 Å². The molecule has 17 nitrogen and oxygen atoms in total. The van der Waals surface area contributed by atoms with Crippen LogP contribution in [0.5, 0.6) is 0 Å². The Bertz CT molecular complexity index is 1940. The molecule has 0 aromatic carbocycles. The van der Waals surface area contributed by atoms with Crippen molar-refractivity contribution in [3.8, 4) is 0 Å². The fourth-order valence-electron chi connectivity index (χ4n) is 12.9. The Kier molecular flexibility index (Phi) is 74.4. The molecule has 0 fully saturated rings. The molecule has 0 saturated carbocycles. The summed E-state index contributed by atoms with van der Waals surface area (Å²) in [4.78, 5) is 73.1. The first kappa shape index (κ1) is 100. The Morgan fingerprint density at radius 2 is 0.451 bits per heavy atom. The van der Waals surface area contributed by atoms with Crippen molar-refractivity contribution in [2.75, 3.05) is 39.6 Å². The number of aliphatic hydroxyl groups excluding tert-OH is 1. The summed E-state index contributed by atoms with van der Waals surface area (Å²) >= 11 is 0. The van der Waals surface area contributed by atoms with Gasteiger partial charge in [-0.25, -0.2) is 9.13 Å². The highest BCUT2D eigenvalue weighted by atomic mass is 31.2. The number of hydrogen-bond donors (Lipinski definition) is 3. The molecule has 0 heterocycles. The van der Waals surface area contributed by atoms with Crippen molar-refractivity contribution in [1.82, 2.24) is 0 Å². The van der Waals surface area contributed by atoms with Gasteiger partial charge in [-0.3, -0.25) is 37.3 Å². The summed E-state index contributed by atoms with van der Waals surface area (Å²) < 4.78 is 68.8. The zero-order valence-electron chi connectivity index (χ0n) is 66.8. The Morgan fingerprint density at radius 1 is 0.265 bits per heavy atom. The lowest BCUT2D eigenvalue weighted by atomic mass is 10.0. The molecule has 0 amide bonds. The maximum Gasteiger partial charge on any atom is 0.472 e. The van der Waals surface area contributed by atoms with Gasteiger partial charge in [0.2, 0.25) is 0 Å². The molecule has 0 aliphatic heterocycles. The standard InChI is InChI=1S/C83H162O17P2/c1-6-9-12-15-18-21-24-26-28-31-35-39-42-47-52-57-62-67-81(86)94-73-79(100-83(88)69-64-59-54-49-44-40-36-33-30-29-32-34-37-41-45-50-55-60-65-76(4)5)75-98-102(91,92)96-71-77(84)70-95-101(89,90)97-74-78(72-93-80(85)66-61-56-51-46-23-20-17-14-11-8-3)99-82(87)68-63-58-53-48-43-38-27-25-22-19-16-13-10-7-2/h76-79,84H,6-75H2,1-5H3,(H,89,90)(H,91,92)/t77-,78+,79+/m0/s1. The lowest BCUT2D eigenvalue weighted by Gasteiger charge is -2.21. The van der Waals surface area contributed by atoms with E-state index in [0.29, 0.717) is 25.7 Å². The van der Waals surface area contributed by atoms with Gasteiger partial charge in [0.1, 0.15) is 19.3 Å². The van der Waals surface area contributed by atoms with Crippen LogP contribution >= 0.6 is 15.6 Å². The summed E-state index contributed by atoms with van der Waals surface area (Å²) in [5.41, 5.74) is 0. The highest BCUT2D eigenvalue weighted by Gasteiger charge is 2.30. The van der Waals surface area contributed by atoms with Crippen molar-refractivity contribution in [2.45, 2.75) is 464 Å². The Labute approximate surface area is 626 Å². The van der Waals surface area contributed by atoms with Crippen molar-refractivity contribution < 1.29 is 80.2 Å². The molecule has 5 atom stereocenters. The largest absolute Gasteiger partial charge is 0.472 e. The van der Waals surface area contributed by atoms with E-state index in [2.05, 4.69) is 34.6 Å². The van der Waals surface area contributed by atoms with Crippen LogP contribution in [0.25, 0.3) is 0 Å². The van der Waals surface area contributed by atoms with Gasteiger partial charge in [-0.1, -0.05) is 394 Å². The molecule has 19 heteroatoms. The van der Waals surface area contributed by atoms with Crippen LogP contribution < -0.4 is 0 Å². The van der Waals surface area contributed by atoms with Crippen molar-refractivity contribution in [1.29, 1.82) is 0 Å². The average molecular weight is 1490 g/mol. The number of ether oxygens (including phenoxy) is 4. The van der Waals surface area contributed by atoms with E-state index in [-0.39, 0.29) is 25.7 Å². The Morgan fingerprint density at radius 3 is 0.667 bits per heavy atom. The average Bonchev–Trinajstić information content (AvgIpc) is 3.18. The minimum atomic E-state index is -4.96. The van der Waals surface area contributed by atoms with Crippen LogP contribution in [0.3, 0.4) is 0 Å². The zero-order chi connectivity index (χ0) is 74.8. The first-order valence-corrected chi connectivity index (χ1v) is 46.1. The number of esters is 4. The molecule has 0 spiro atoms. The summed E-state index contributed by atoms with van der Waals surface area (Å²) in [7, 11) is -9.92. The first-order valence-electron chi connectivity index (χ1n) is 43.1. The van der Waals surface area contributed by atoms with E-state index in [1.54, 1.807) is 0 Å². The summed E-state index contributed by atoms with van der Waals surface area (Å²) in [5.74, 6) is -1.28. The maximum atomic E-state index is 13.1. The van der Waals surface area contributed by atoms with Gasteiger partial charge >= 0.3 is 39.5 Å². The molecule has 3 N–H and O–H groups in total. The second-order valence-electron chi connectivity index (χ2n) is 30.3.